The van der Waals surface area contributed by atoms with E-state index in [9.17, 15) is 0 Å². The second-order valence-corrected chi connectivity index (χ2v) is 5.64. The summed E-state index contributed by atoms with van der Waals surface area (Å²) < 4.78 is 7.68. The molecule has 1 saturated heterocycles. The Morgan fingerprint density at radius 1 is 1.43 bits per heavy atom. The predicted octanol–water partition coefficient (Wildman–Crippen LogP) is 1.90. The first-order valence-corrected chi connectivity index (χ1v) is 7.61. The number of morpholine rings is 1. The van der Waals surface area contributed by atoms with Crippen LogP contribution in [0.5, 0.6) is 0 Å². The molecule has 2 aromatic heterocycles. The summed E-state index contributed by atoms with van der Waals surface area (Å²) in [5.74, 6) is 0. The molecule has 1 aliphatic heterocycles. The van der Waals surface area contributed by atoms with Gasteiger partial charge in [-0.05, 0) is 18.9 Å². The quantitative estimate of drug-likeness (QED) is 0.913. The summed E-state index contributed by atoms with van der Waals surface area (Å²) in [6.45, 7) is 8.56. The van der Waals surface area contributed by atoms with Gasteiger partial charge in [0.2, 0.25) is 0 Å². The molecule has 0 saturated carbocycles. The van der Waals surface area contributed by atoms with Gasteiger partial charge in [0.15, 0.2) is 0 Å². The summed E-state index contributed by atoms with van der Waals surface area (Å²) in [5.41, 5.74) is 3.61. The molecule has 0 unspecified atom stereocenters. The van der Waals surface area contributed by atoms with Crippen LogP contribution in [-0.2, 0) is 17.8 Å². The van der Waals surface area contributed by atoms with E-state index in [-0.39, 0.29) is 6.04 Å². The van der Waals surface area contributed by atoms with E-state index in [0.29, 0.717) is 6.61 Å². The molecule has 6 nitrogen and oxygen atoms in total. The van der Waals surface area contributed by atoms with Gasteiger partial charge >= 0.3 is 0 Å². The highest BCUT2D eigenvalue weighted by Gasteiger charge is 2.27. The van der Waals surface area contributed by atoms with Crippen molar-refractivity contribution in [2.45, 2.75) is 39.4 Å². The van der Waals surface area contributed by atoms with Crippen LogP contribution in [0.1, 0.15) is 36.2 Å². The van der Waals surface area contributed by atoms with E-state index in [1.807, 2.05) is 17.1 Å². The number of nitrogens with zero attached hydrogens (tertiary/aromatic N) is 4. The van der Waals surface area contributed by atoms with Crippen LogP contribution in [0, 0.1) is 6.92 Å². The largest absolute Gasteiger partial charge is 0.378 e. The molecule has 0 aliphatic carbocycles. The zero-order chi connectivity index (χ0) is 14.7. The van der Waals surface area contributed by atoms with E-state index >= 15 is 0 Å². The van der Waals surface area contributed by atoms with Gasteiger partial charge in [0.05, 0.1) is 37.3 Å². The smallest absolute Gasteiger partial charge is 0.0758 e. The number of rotatable bonds is 5. The normalized spacial score (nSPS) is 20.0. The van der Waals surface area contributed by atoms with Gasteiger partial charge < -0.3 is 4.74 Å². The summed E-state index contributed by atoms with van der Waals surface area (Å²) in [4.78, 5) is 2.44. The second kappa shape index (κ2) is 6.41. The lowest BCUT2D eigenvalue weighted by Gasteiger charge is -2.35. The number of hydrogen-bond acceptors (Lipinski definition) is 4. The van der Waals surface area contributed by atoms with Crippen molar-refractivity contribution in [2.24, 2.45) is 0 Å². The van der Waals surface area contributed by atoms with E-state index in [1.165, 1.54) is 11.1 Å². The maximum Gasteiger partial charge on any atom is 0.0758 e. The Bertz CT molecular complexity index is 576. The lowest BCUT2D eigenvalue weighted by Crippen LogP contribution is -2.39. The van der Waals surface area contributed by atoms with Crippen molar-refractivity contribution in [3.63, 3.8) is 0 Å². The molecule has 0 bridgehead atoms. The zero-order valence-corrected chi connectivity index (χ0v) is 12.7. The van der Waals surface area contributed by atoms with Gasteiger partial charge in [-0.25, -0.2) is 0 Å². The number of aromatic nitrogens is 4. The molecule has 0 aromatic carbocycles. The summed E-state index contributed by atoms with van der Waals surface area (Å²) in [6.07, 6.45) is 7.11. The third kappa shape index (κ3) is 3.16. The Morgan fingerprint density at radius 3 is 3.10 bits per heavy atom. The van der Waals surface area contributed by atoms with E-state index in [4.69, 9.17) is 4.74 Å². The van der Waals surface area contributed by atoms with Crippen molar-refractivity contribution in [3.8, 4) is 0 Å². The Morgan fingerprint density at radius 2 is 2.33 bits per heavy atom. The molecule has 1 N–H and O–H groups in total. The highest BCUT2D eigenvalue weighted by Crippen LogP contribution is 2.26. The first kappa shape index (κ1) is 14.3. The number of hydrogen-bond donors (Lipinski definition) is 1. The fraction of sp³-hybridized carbons (Fsp3) is 0.600. The molecule has 2 aromatic rings. The molecule has 21 heavy (non-hydrogen) atoms. The summed E-state index contributed by atoms with van der Waals surface area (Å²) in [7, 11) is 0. The zero-order valence-electron chi connectivity index (χ0n) is 12.7. The predicted molar refractivity (Wildman–Crippen MR) is 79.8 cm³/mol. The number of aryl methyl sites for hydroxylation is 2. The highest BCUT2D eigenvalue weighted by molar-refractivity contribution is 5.19. The van der Waals surface area contributed by atoms with Gasteiger partial charge in [0, 0.05) is 31.4 Å². The standard InChI is InChI=1S/C15H23N5O/c1-3-4-20-10-13(8-17-20)9-19-5-6-21-11-14(19)15-12(2)7-16-18-15/h7-8,10,14H,3-6,9,11H2,1-2H3,(H,16,18)/t14-/m1/s1. The number of aromatic amines is 1. The third-order valence-electron chi connectivity index (χ3n) is 3.97. The molecule has 1 fully saturated rings. The van der Waals surface area contributed by atoms with Gasteiger partial charge in [-0.1, -0.05) is 6.92 Å². The van der Waals surface area contributed by atoms with Gasteiger partial charge in [0.25, 0.3) is 0 Å². The monoisotopic (exact) mass is 289 g/mol. The first-order chi connectivity index (χ1) is 10.3. The average Bonchev–Trinajstić information content (AvgIpc) is 3.09. The van der Waals surface area contributed by atoms with Gasteiger partial charge in [0.1, 0.15) is 0 Å². The molecule has 114 valence electrons. The van der Waals surface area contributed by atoms with Crippen molar-refractivity contribution in [1.82, 2.24) is 24.9 Å². The van der Waals surface area contributed by atoms with E-state index in [0.717, 1.165) is 38.4 Å². The molecule has 0 amide bonds. The number of H-pyrrole nitrogens is 1. The highest BCUT2D eigenvalue weighted by atomic mass is 16.5. The molecular weight excluding hydrogens is 266 g/mol. The maximum absolute atomic E-state index is 5.66. The molecule has 6 heteroatoms. The lowest BCUT2D eigenvalue weighted by molar-refractivity contribution is -0.0145. The van der Waals surface area contributed by atoms with Gasteiger partial charge in [-0.15, -0.1) is 0 Å². The molecule has 1 aliphatic rings. The minimum atomic E-state index is 0.246. The second-order valence-electron chi connectivity index (χ2n) is 5.64. The molecule has 3 rings (SSSR count). The third-order valence-corrected chi connectivity index (χ3v) is 3.97. The number of nitrogens with one attached hydrogen (secondary N) is 1. The van der Waals surface area contributed by atoms with Crippen molar-refractivity contribution in [3.05, 3.63) is 35.4 Å². The van der Waals surface area contributed by atoms with Crippen molar-refractivity contribution >= 4 is 0 Å². The maximum atomic E-state index is 5.66. The average molecular weight is 289 g/mol. The molecule has 0 radical (unpaired) electrons. The van der Waals surface area contributed by atoms with Gasteiger partial charge in [-0.3, -0.25) is 14.7 Å². The summed E-state index contributed by atoms with van der Waals surface area (Å²) in [6, 6.07) is 0.246. The fourth-order valence-corrected chi connectivity index (χ4v) is 2.86. The summed E-state index contributed by atoms with van der Waals surface area (Å²) in [5, 5.41) is 11.7. The minimum Gasteiger partial charge on any atom is -0.378 e. The Hall–Kier alpha value is -1.66. The SMILES string of the molecule is CCCn1cc(CN2CCOC[C@@H]2c2[nH]ncc2C)cn1. The fourth-order valence-electron chi connectivity index (χ4n) is 2.86. The van der Waals surface area contributed by atoms with Crippen LogP contribution < -0.4 is 0 Å². The van der Waals surface area contributed by atoms with E-state index in [2.05, 4.69) is 40.2 Å². The van der Waals surface area contributed by atoms with Crippen LogP contribution in [0.15, 0.2) is 18.6 Å². The lowest BCUT2D eigenvalue weighted by atomic mass is 10.1. The Kier molecular flexibility index (Phi) is 4.36. The minimum absolute atomic E-state index is 0.246. The Labute approximate surface area is 125 Å². The van der Waals surface area contributed by atoms with Crippen molar-refractivity contribution in [1.29, 1.82) is 0 Å². The van der Waals surface area contributed by atoms with E-state index in [1.54, 1.807) is 0 Å². The topological polar surface area (TPSA) is 59.0 Å². The van der Waals surface area contributed by atoms with Crippen molar-refractivity contribution in [2.75, 3.05) is 19.8 Å². The van der Waals surface area contributed by atoms with Crippen molar-refractivity contribution < 1.29 is 4.74 Å². The van der Waals surface area contributed by atoms with Crippen LogP contribution in [0.2, 0.25) is 0 Å². The van der Waals surface area contributed by atoms with E-state index < -0.39 is 0 Å². The Balaban J connectivity index is 1.73. The molecular formula is C15H23N5O. The first-order valence-electron chi connectivity index (χ1n) is 7.61. The van der Waals surface area contributed by atoms with Crippen LogP contribution in [-0.4, -0.2) is 44.6 Å². The van der Waals surface area contributed by atoms with Crippen LogP contribution in [0.25, 0.3) is 0 Å². The number of ether oxygens (including phenoxy) is 1. The molecule has 1 atom stereocenters. The van der Waals surface area contributed by atoms with Crippen LogP contribution >= 0.6 is 0 Å². The molecule has 0 spiro atoms. The summed E-state index contributed by atoms with van der Waals surface area (Å²) >= 11 is 0. The van der Waals surface area contributed by atoms with Crippen LogP contribution in [0.4, 0.5) is 0 Å². The van der Waals surface area contributed by atoms with Crippen LogP contribution in [0.3, 0.4) is 0 Å². The molecule has 3 heterocycles. The van der Waals surface area contributed by atoms with Gasteiger partial charge in [-0.2, -0.15) is 10.2 Å².